The number of aliphatic imine (C=N–C) groups is 1. The fraction of sp³-hybridized carbons (Fsp3) is 0.276. The van der Waals surface area contributed by atoms with Gasteiger partial charge in [-0.15, -0.1) is 11.3 Å². The number of fused-ring (bicyclic) bond motifs is 1. The van der Waals surface area contributed by atoms with E-state index >= 15 is 0 Å². The van der Waals surface area contributed by atoms with Crippen molar-refractivity contribution in [2.24, 2.45) is 10.7 Å². The number of thiophene rings is 1. The number of hydrogen-bond donors (Lipinski definition) is 3. The van der Waals surface area contributed by atoms with E-state index < -0.39 is 0 Å². The average molecular weight is 502 g/mol. The number of nitrogens with zero attached hydrogens (tertiary/aromatic N) is 2. The number of aromatic amines is 1. The lowest BCUT2D eigenvalue weighted by atomic mass is 10.0. The van der Waals surface area contributed by atoms with E-state index in [2.05, 4.69) is 52.1 Å². The van der Waals surface area contributed by atoms with Crippen LogP contribution in [0.4, 0.5) is 15.8 Å². The number of nitrogens with two attached hydrogens (primary N) is 1. The average Bonchev–Trinajstić information content (AvgIpc) is 3.62. The van der Waals surface area contributed by atoms with Gasteiger partial charge in [0.15, 0.2) is 0 Å². The molecular formula is C29H32FN5S. The van der Waals surface area contributed by atoms with E-state index in [0.717, 1.165) is 50.7 Å². The normalized spacial score (nSPS) is 14.1. The van der Waals surface area contributed by atoms with Crippen molar-refractivity contribution in [3.63, 3.8) is 0 Å². The monoisotopic (exact) mass is 501 g/mol. The third kappa shape index (κ3) is 4.63. The molecule has 1 aliphatic heterocycles. The maximum atomic E-state index is 14.3. The first-order valence-corrected chi connectivity index (χ1v) is 13.2. The lowest BCUT2D eigenvalue weighted by molar-refractivity contribution is 0.637. The summed E-state index contributed by atoms with van der Waals surface area (Å²) in [5.74, 6) is 0.264. The first-order valence-electron chi connectivity index (χ1n) is 12.4. The molecule has 0 saturated carbocycles. The van der Waals surface area contributed by atoms with Crippen LogP contribution in [0.3, 0.4) is 0 Å². The van der Waals surface area contributed by atoms with Crippen LogP contribution >= 0.6 is 11.3 Å². The number of anilines is 2. The molecule has 1 saturated heterocycles. The smallest absolute Gasteiger partial charge is 0.147 e. The summed E-state index contributed by atoms with van der Waals surface area (Å²) in [6.07, 6.45) is 4.84. The van der Waals surface area contributed by atoms with Crippen LogP contribution in [0.25, 0.3) is 21.3 Å². The van der Waals surface area contributed by atoms with Gasteiger partial charge in [-0.3, -0.25) is 4.99 Å². The van der Waals surface area contributed by atoms with Crippen LogP contribution in [0, 0.1) is 19.7 Å². The lowest BCUT2D eigenvalue weighted by Gasteiger charge is -2.18. The van der Waals surface area contributed by atoms with Gasteiger partial charge in [0.2, 0.25) is 0 Å². The number of nitrogens with one attached hydrogen (secondary N) is 2. The van der Waals surface area contributed by atoms with E-state index in [0.29, 0.717) is 24.3 Å². The van der Waals surface area contributed by atoms with E-state index in [1.807, 2.05) is 19.9 Å². The molecule has 0 bridgehead atoms. The Labute approximate surface area is 215 Å². The van der Waals surface area contributed by atoms with Crippen LogP contribution < -0.4 is 16.0 Å². The maximum absolute atomic E-state index is 14.3. The van der Waals surface area contributed by atoms with E-state index in [1.165, 1.54) is 30.2 Å². The number of halogens is 1. The Kier molecular flexibility index (Phi) is 6.83. The molecule has 1 aliphatic rings. The molecule has 0 spiro atoms. The molecule has 2 aromatic heterocycles. The number of rotatable bonds is 8. The second-order valence-corrected chi connectivity index (χ2v) is 10.4. The molecule has 186 valence electrons. The summed E-state index contributed by atoms with van der Waals surface area (Å²) in [5.41, 5.74) is 13.5. The second-order valence-electron chi connectivity index (χ2n) is 9.31. The summed E-state index contributed by atoms with van der Waals surface area (Å²) >= 11 is 1.63. The lowest BCUT2D eigenvalue weighted by Crippen LogP contribution is -2.17. The third-order valence-electron chi connectivity index (χ3n) is 6.90. The van der Waals surface area contributed by atoms with Crippen molar-refractivity contribution in [1.82, 2.24) is 4.98 Å². The standard InChI is InChI=1S/C29H32FN5S/c1-4-32-24-17-25(20-8-7-9-21(16-20)35-14-5-6-15-35)36-28(24)29(31)33-13-12-22-19(3)34-27-23(30)11-10-18(2)26(22)27/h4,7-11,16-17,32,34H,1,5-6,12-15H2,2-3H3,(H2,31,33). The number of aromatic nitrogens is 1. The van der Waals surface area contributed by atoms with Crippen LogP contribution in [0.5, 0.6) is 0 Å². The fourth-order valence-corrected chi connectivity index (χ4v) is 6.13. The van der Waals surface area contributed by atoms with Gasteiger partial charge >= 0.3 is 0 Å². The molecule has 4 aromatic rings. The van der Waals surface area contributed by atoms with Crippen molar-refractivity contribution in [2.45, 2.75) is 33.1 Å². The van der Waals surface area contributed by atoms with E-state index in [4.69, 9.17) is 10.7 Å². The van der Waals surface area contributed by atoms with Gasteiger partial charge in [-0.1, -0.05) is 24.8 Å². The number of aryl methyl sites for hydroxylation is 2. The molecule has 4 N–H and O–H groups in total. The molecule has 0 aliphatic carbocycles. The minimum atomic E-state index is -0.229. The molecule has 5 rings (SSSR count). The molecule has 1 fully saturated rings. The zero-order valence-corrected chi connectivity index (χ0v) is 21.6. The molecule has 0 amide bonds. The van der Waals surface area contributed by atoms with Crippen LogP contribution in [-0.4, -0.2) is 30.5 Å². The zero-order valence-electron chi connectivity index (χ0n) is 20.8. The molecule has 7 heteroatoms. The molecule has 0 unspecified atom stereocenters. The van der Waals surface area contributed by atoms with E-state index in [-0.39, 0.29) is 5.82 Å². The highest BCUT2D eigenvalue weighted by Crippen LogP contribution is 2.37. The van der Waals surface area contributed by atoms with Crippen LogP contribution in [0.1, 0.15) is 34.5 Å². The van der Waals surface area contributed by atoms with Crippen molar-refractivity contribution in [1.29, 1.82) is 0 Å². The Morgan fingerprint density at radius 3 is 2.81 bits per heavy atom. The molecule has 5 nitrogen and oxygen atoms in total. The fourth-order valence-electron chi connectivity index (χ4n) is 5.09. The highest BCUT2D eigenvalue weighted by molar-refractivity contribution is 7.18. The summed E-state index contributed by atoms with van der Waals surface area (Å²) in [7, 11) is 0. The van der Waals surface area contributed by atoms with Gasteiger partial charge in [-0.2, -0.15) is 0 Å². The van der Waals surface area contributed by atoms with E-state index in [9.17, 15) is 4.39 Å². The summed E-state index contributed by atoms with van der Waals surface area (Å²) in [6.45, 7) is 10.6. The molecular weight excluding hydrogens is 469 g/mol. The minimum Gasteiger partial charge on any atom is -0.383 e. The Balaban J connectivity index is 1.40. The molecule has 36 heavy (non-hydrogen) atoms. The van der Waals surface area contributed by atoms with Crippen molar-refractivity contribution >= 4 is 39.5 Å². The van der Waals surface area contributed by atoms with Crippen molar-refractivity contribution in [2.75, 3.05) is 29.9 Å². The summed E-state index contributed by atoms with van der Waals surface area (Å²) < 4.78 is 14.3. The van der Waals surface area contributed by atoms with Crippen LogP contribution in [-0.2, 0) is 6.42 Å². The van der Waals surface area contributed by atoms with Gasteiger partial charge in [0.25, 0.3) is 0 Å². The largest absolute Gasteiger partial charge is 0.383 e. The molecule has 0 radical (unpaired) electrons. The number of benzene rings is 2. The van der Waals surface area contributed by atoms with Gasteiger partial charge < -0.3 is 20.9 Å². The first-order chi connectivity index (χ1) is 17.5. The number of hydrogen-bond acceptors (Lipinski definition) is 4. The number of amidine groups is 1. The Hall–Kier alpha value is -3.58. The highest BCUT2D eigenvalue weighted by Gasteiger charge is 2.17. The topological polar surface area (TPSA) is 69.4 Å². The highest BCUT2D eigenvalue weighted by atomic mass is 32.1. The SMILES string of the molecule is C=CNc1cc(-c2cccc(N3CCCC3)c2)sc1C(N)=NCCc1c(C)[nH]c2c(F)ccc(C)c12. The van der Waals surface area contributed by atoms with Gasteiger partial charge in [0, 0.05) is 41.3 Å². The Morgan fingerprint density at radius 1 is 1.22 bits per heavy atom. The summed E-state index contributed by atoms with van der Waals surface area (Å²) in [6, 6.07) is 14.1. The van der Waals surface area contributed by atoms with Crippen molar-refractivity contribution in [3.05, 3.63) is 82.8 Å². The molecule has 2 aromatic carbocycles. The van der Waals surface area contributed by atoms with Gasteiger partial charge in [0.05, 0.1) is 16.1 Å². The van der Waals surface area contributed by atoms with Crippen LogP contribution in [0.15, 0.2) is 60.2 Å². The first kappa shape index (κ1) is 24.1. The van der Waals surface area contributed by atoms with Gasteiger partial charge in [0.1, 0.15) is 11.7 Å². The quantitative estimate of drug-likeness (QED) is 0.185. The van der Waals surface area contributed by atoms with Gasteiger partial charge in [-0.25, -0.2) is 4.39 Å². The summed E-state index contributed by atoms with van der Waals surface area (Å²) in [5, 5.41) is 4.17. The van der Waals surface area contributed by atoms with Crippen molar-refractivity contribution < 1.29 is 4.39 Å². The van der Waals surface area contributed by atoms with Crippen LogP contribution in [0.2, 0.25) is 0 Å². The second kappa shape index (κ2) is 10.2. The molecule has 3 heterocycles. The van der Waals surface area contributed by atoms with Crippen molar-refractivity contribution in [3.8, 4) is 10.4 Å². The predicted molar refractivity (Wildman–Crippen MR) is 152 cm³/mol. The molecule has 0 atom stereocenters. The summed E-state index contributed by atoms with van der Waals surface area (Å²) in [4.78, 5) is 12.4. The maximum Gasteiger partial charge on any atom is 0.147 e. The Bertz CT molecular complexity index is 1440. The zero-order chi connectivity index (χ0) is 25.2. The minimum absolute atomic E-state index is 0.229. The number of H-pyrrole nitrogens is 1. The van der Waals surface area contributed by atoms with E-state index in [1.54, 1.807) is 17.5 Å². The van der Waals surface area contributed by atoms with Gasteiger partial charge in [-0.05, 0) is 80.3 Å². The Morgan fingerprint density at radius 2 is 2.03 bits per heavy atom. The predicted octanol–water partition coefficient (Wildman–Crippen LogP) is 6.76. The third-order valence-corrected chi connectivity index (χ3v) is 8.10.